The highest BCUT2D eigenvalue weighted by Gasteiger charge is 2.26. The minimum Gasteiger partial charge on any atom is -0.352 e. The molecule has 0 saturated carbocycles. The average Bonchev–Trinajstić information content (AvgIpc) is 2.27. The molecule has 2 N–H and O–H groups in total. The maximum absolute atomic E-state index is 11.9. The zero-order valence-electron chi connectivity index (χ0n) is 10.6. The Morgan fingerprint density at radius 2 is 2.17 bits per heavy atom. The summed E-state index contributed by atoms with van der Waals surface area (Å²) in [4.78, 5) is 11.9. The van der Waals surface area contributed by atoms with Crippen LogP contribution < -0.4 is 10.6 Å². The van der Waals surface area contributed by atoms with Gasteiger partial charge in [0.15, 0.2) is 0 Å². The number of carbonyl (C=O) groups excluding carboxylic acids is 1. The van der Waals surface area contributed by atoms with Crippen LogP contribution in [0, 0.1) is 0 Å². The van der Waals surface area contributed by atoms with Crippen molar-refractivity contribution in [3.8, 4) is 0 Å². The molecular formula is C15H18N2O. The van der Waals surface area contributed by atoms with Gasteiger partial charge in [-0.3, -0.25) is 4.79 Å². The maximum Gasteiger partial charge on any atom is 0.246 e. The maximum atomic E-state index is 11.9. The molecule has 3 rings (SSSR count). The van der Waals surface area contributed by atoms with E-state index >= 15 is 0 Å². The van der Waals surface area contributed by atoms with Gasteiger partial charge in [0.2, 0.25) is 5.91 Å². The van der Waals surface area contributed by atoms with Crippen LogP contribution in [0.4, 0.5) is 0 Å². The summed E-state index contributed by atoms with van der Waals surface area (Å²) in [5, 5.41) is 6.21. The Hall–Kier alpha value is -1.61. The molecule has 1 aromatic carbocycles. The molecule has 3 nitrogen and oxygen atoms in total. The van der Waals surface area contributed by atoms with Gasteiger partial charge < -0.3 is 10.6 Å². The normalized spacial score (nSPS) is 20.5. The lowest BCUT2D eigenvalue weighted by Gasteiger charge is -2.30. The molecule has 3 heteroatoms. The van der Waals surface area contributed by atoms with Crippen molar-refractivity contribution < 1.29 is 4.79 Å². The summed E-state index contributed by atoms with van der Waals surface area (Å²) >= 11 is 0. The zero-order valence-corrected chi connectivity index (χ0v) is 10.6. The SMILES string of the molecule is CC(C(=O)NCC1Cc2ccccc21)=C1CNC1. The van der Waals surface area contributed by atoms with E-state index in [1.165, 1.54) is 16.7 Å². The first-order chi connectivity index (χ1) is 8.75. The Labute approximate surface area is 107 Å². The molecule has 1 fully saturated rings. The van der Waals surface area contributed by atoms with Gasteiger partial charge >= 0.3 is 0 Å². The van der Waals surface area contributed by atoms with Crippen molar-refractivity contribution >= 4 is 5.91 Å². The van der Waals surface area contributed by atoms with Gasteiger partial charge in [-0.05, 0) is 30.0 Å². The fraction of sp³-hybridized carbons (Fsp3) is 0.400. The van der Waals surface area contributed by atoms with E-state index in [4.69, 9.17) is 0 Å². The average molecular weight is 242 g/mol. The van der Waals surface area contributed by atoms with E-state index in [9.17, 15) is 4.79 Å². The summed E-state index contributed by atoms with van der Waals surface area (Å²) < 4.78 is 0. The van der Waals surface area contributed by atoms with E-state index < -0.39 is 0 Å². The molecular weight excluding hydrogens is 224 g/mol. The van der Waals surface area contributed by atoms with Crippen LogP contribution in [0.2, 0.25) is 0 Å². The van der Waals surface area contributed by atoms with Crippen molar-refractivity contribution in [3.63, 3.8) is 0 Å². The molecule has 1 heterocycles. The minimum absolute atomic E-state index is 0.0934. The third kappa shape index (κ3) is 1.95. The van der Waals surface area contributed by atoms with Gasteiger partial charge in [-0.25, -0.2) is 0 Å². The van der Waals surface area contributed by atoms with Gasteiger partial charge in [0.1, 0.15) is 0 Å². The molecule has 1 unspecified atom stereocenters. The summed E-state index contributed by atoms with van der Waals surface area (Å²) in [7, 11) is 0. The fourth-order valence-electron chi connectivity index (χ4n) is 2.57. The van der Waals surface area contributed by atoms with Crippen molar-refractivity contribution in [1.82, 2.24) is 10.6 Å². The third-order valence-corrected chi connectivity index (χ3v) is 4.02. The summed E-state index contributed by atoms with van der Waals surface area (Å²) in [6.45, 7) is 4.41. The number of hydrogen-bond donors (Lipinski definition) is 2. The van der Waals surface area contributed by atoms with E-state index in [0.29, 0.717) is 5.92 Å². The Morgan fingerprint density at radius 3 is 2.83 bits per heavy atom. The van der Waals surface area contributed by atoms with Gasteiger partial charge in [0.25, 0.3) is 0 Å². The van der Waals surface area contributed by atoms with Crippen LogP contribution >= 0.6 is 0 Å². The molecule has 1 atom stereocenters. The quantitative estimate of drug-likeness (QED) is 0.786. The number of nitrogens with one attached hydrogen (secondary N) is 2. The highest BCUT2D eigenvalue weighted by Crippen LogP contribution is 2.34. The molecule has 94 valence electrons. The molecule has 1 aromatic rings. The van der Waals surface area contributed by atoms with Crippen molar-refractivity contribution in [1.29, 1.82) is 0 Å². The lowest BCUT2D eigenvalue weighted by Crippen LogP contribution is -2.39. The molecule has 0 bridgehead atoms. The summed E-state index contributed by atoms with van der Waals surface area (Å²) in [6, 6.07) is 8.48. The standard InChI is InChI=1S/C15H18N2O/c1-10(13-7-16-8-13)15(18)17-9-12-6-11-4-2-3-5-14(11)12/h2-5,12,16H,6-9H2,1H3,(H,17,18). The highest BCUT2D eigenvalue weighted by atomic mass is 16.1. The predicted molar refractivity (Wildman–Crippen MR) is 71.5 cm³/mol. The molecule has 0 spiro atoms. The second-order valence-electron chi connectivity index (χ2n) is 5.14. The first-order valence-corrected chi connectivity index (χ1v) is 6.51. The molecule has 1 amide bonds. The largest absolute Gasteiger partial charge is 0.352 e. The highest BCUT2D eigenvalue weighted by molar-refractivity contribution is 5.94. The van der Waals surface area contributed by atoms with Gasteiger partial charge in [-0.2, -0.15) is 0 Å². The van der Waals surface area contributed by atoms with E-state index in [1.54, 1.807) is 0 Å². The summed E-state index contributed by atoms with van der Waals surface area (Å²) in [6.07, 6.45) is 1.09. The number of benzene rings is 1. The van der Waals surface area contributed by atoms with E-state index in [2.05, 4.69) is 34.9 Å². The summed E-state index contributed by atoms with van der Waals surface area (Å²) in [5.74, 6) is 0.596. The van der Waals surface area contributed by atoms with E-state index in [0.717, 1.165) is 31.6 Å². The Bertz CT molecular complexity index is 513. The van der Waals surface area contributed by atoms with Gasteiger partial charge in [-0.15, -0.1) is 0 Å². The Morgan fingerprint density at radius 1 is 1.39 bits per heavy atom. The van der Waals surface area contributed by atoms with Crippen molar-refractivity contribution in [2.45, 2.75) is 19.3 Å². The van der Waals surface area contributed by atoms with Crippen LogP contribution in [0.15, 0.2) is 35.4 Å². The van der Waals surface area contributed by atoms with Crippen molar-refractivity contribution in [2.24, 2.45) is 0 Å². The zero-order chi connectivity index (χ0) is 12.5. The summed E-state index contributed by atoms with van der Waals surface area (Å²) in [5.41, 5.74) is 4.95. The number of amides is 1. The number of hydrogen-bond acceptors (Lipinski definition) is 2. The fourth-order valence-corrected chi connectivity index (χ4v) is 2.57. The second-order valence-corrected chi connectivity index (χ2v) is 5.14. The Balaban J connectivity index is 1.56. The molecule has 1 aliphatic heterocycles. The molecule has 18 heavy (non-hydrogen) atoms. The van der Waals surface area contributed by atoms with E-state index in [-0.39, 0.29) is 5.91 Å². The minimum atomic E-state index is 0.0934. The van der Waals surface area contributed by atoms with Crippen LogP contribution in [0.25, 0.3) is 0 Å². The van der Waals surface area contributed by atoms with Crippen LogP contribution in [0.5, 0.6) is 0 Å². The molecule has 0 aromatic heterocycles. The second kappa shape index (κ2) is 4.58. The van der Waals surface area contributed by atoms with Gasteiger partial charge in [0, 0.05) is 31.1 Å². The van der Waals surface area contributed by atoms with Crippen molar-refractivity contribution in [3.05, 3.63) is 46.5 Å². The van der Waals surface area contributed by atoms with Crippen LogP contribution in [-0.2, 0) is 11.2 Å². The first kappa shape index (κ1) is 11.5. The number of rotatable bonds is 3. The lowest BCUT2D eigenvalue weighted by molar-refractivity contribution is -0.117. The van der Waals surface area contributed by atoms with Gasteiger partial charge in [0.05, 0.1) is 0 Å². The predicted octanol–water partition coefficient (Wildman–Crippen LogP) is 1.36. The number of carbonyl (C=O) groups is 1. The smallest absolute Gasteiger partial charge is 0.246 e. The van der Waals surface area contributed by atoms with E-state index in [1.807, 2.05) is 6.92 Å². The van der Waals surface area contributed by atoms with Gasteiger partial charge in [-0.1, -0.05) is 24.3 Å². The molecule has 2 aliphatic rings. The monoisotopic (exact) mass is 242 g/mol. The van der Waals surface area contributed by atoms with Crippen LogP contribution in [-0.4, -0.2) is 25.5 Å². The Kier molecular flexibility index (Phi) is 2.92. The van der Waals surface area contributed by atoms with Crippen molar-refractivity contribution in [2.75, 3.05) is 19.6 Å². The number of fused-ring (bicyclic) bond motifs is 1. The third-order valence-electron chi connectivity index (χ3n) is 4.02. The van der Waals surface area contributed by atoms with Crippen LogP contribution in [0.3, 0.4) is 0 Å². The first-order valence-electron chi connectivity index (χ1n) is 6.51. The lowest BCUT2D eigenvalue weighted by atomic mass is 9.77. The van der Waals surface area contributed by atoms with Crippen LogP contribution in [0.1, 0.15) is 24.0 Å². The molecule has 0 radical (unpaired) electrons. The molecule has 1 aliphatic carbocycles. The molecule has 1 saturated heterocycles. The topological polar surface area (TPSA) is 41.1 Å².